The maximum Gasteiger partial charge on any atom is 0.354 e. The molecule has 0 aromatic carbocycles. The molecular formula is C21H32N2O4. The van der Waals surface area contributed by atoms with Crippen molar-refractivity contribution >= 4 is 17.7 Å². The lowest BCUT2D eigenvalue weighted by Crippen LogP contribution is -2.44. The van der Waals surface area contributed by atoms with E-state index in [4.69, 9.17) is 4.74 Å². The van der Waals surface area contributed by atoms with Gasteiger partial charge in [0.2, 0.25) is 5.91 Å². The van der Waals surface area contributed by atoms with Crippen LogP contribution in [0.2, 0.25) is 0 Å². The Morgan fingerprint density at radius 3 is 2.26 bits per heavy atom. The number of hydrogen-bond donors (Lipinski definition) is 0. The summed E-state index contributed by atoms with van der Waals surface area (Å²) in [4.78, 5) is 39.7. The SMILES string of the molecule is C=CCN(C(=O)CC(C)C)C(C)C(=O)c1c(C)c(C(=O)OC)n(CC)c1C. The van der Waals surface area contributed by atoms with E-state index in [0.717, 1.165) is 0 Å². The Bertz CT molecular complexity index is 731. The molecule has 0 saturated carbocycles. The Morgan fingerprint density at radius 1 is 1.22 bits per heavy atom. The normalized spacial score (nSPS) is 12.0. The average Bonchev–Trinajstić information content (AvgIpc) is 2.86. The summed E-state index contributed by atoms with van der Waals surface area (Å²) in [6.45, 7) is 15.7. The number of esters is 1. The minimum absolute atomic E-state index is 0.0795. The summed E-state index contributed by atoms with van der Waals surface area (Å²) >= 11 is 0. The van der Waals surface area contributed by atoms with Crippen molar-refractivity contribution in [3.05, 3.63) is 35.2 Å². The van der Waals surface area contributed by atoms with Crippen LogP contribution in [0.15, 0.2) is 12.7 Å². The van der Waals surface area contributed by atoms with E-state index in [2.05, 4.69) is 6.58 Å². The van der Waals surface area contributed by atoms with Crippen LogP contribution in [0.1, 0.15) is 66.2 Å². The molecule has 6 heteroatoms. The number of Topliss-reactive ketones (excluding diaryl/α,β-unsaturated/α-hetero) is 1. The third-order valence-corrected chi connectivity index (χ3v) is 4.78. The highest BCUT2D eigenvalue weighted by atomic mass is 16.5. The number of nitrogens with zero attached hydrogens (tertiary/aromatic N) is 2. The van der Waals surface area contributed by atoms with Gasteiger partial charge in [-0.15, -0.1) is 6.58 Å². The molecule has 0 aliphatic carbocycles. The van der Waals surface area contributed by atoms with E-state index in [9.17, 15) is 14.4 Å². The molecule has 1 rings (SSSR count). The molecule has 1 aromatic heterocycles. The van der Waals surface area contributed by atoms with E-state index in [1.807, 2.05) is 27.7 Å². The molecule has 0 fully saturated rings. The van der Waals surface area contributed by atoms with Gasteiger partial charge in [0, 0.05) is 30.8 Å². The number of amides is 1. The van der Waals surface area contributed by atoms with Gasteiger partial charge in [0.05, 0.1) is 13.2 Å². The number of hydrogen-bond acceptors (Lipinski definition) is 4. The number of ketones is 1. The minimum atomic E-state index is -0.648. The van der Waals surface area contributed by atoms with Crippen LogP contribution in [0.25, 0.3) is 0 Å². The second-order valence-electron chi connectivity index (χ2n) is 7.14. The summed E-state index contributed by atoms with van der Waals surface area (Å²) in [6, 6.07) is -0.648. The van der Waals surface area contributed by atoms with Gasteiger partial charge in [0.25, 0.3) is 0 Å². The Morgan fingerprint density at radius 2 is 1.81 bits per heavy atom. The zero-order valence-corrected chi connectivity index (χ0v) is 17.6. The van der Waals surface area contributed by atoms with Crippen molar-refractivity contribution in [3.8, 4) is 0 Å². The summed E-state index contributed by atoms with van der Waals surface area (Å²) < 4.78 is 6.67. The average molecular weight is 376 g/mol. The maximum atomic E-state index is 13.3. The second kappa shape index (κ2) is 9.53. The first kappa shape index (κ1) is 22.7. The van der Waals surface area contributed by atoms with Gasteiger partial charge in [-0.25, -0.2) is 4.79 Å². The first-order valence-corrected chi connectivity index (χ1v) is 9.34. The Labute approximate surface area is 162 Å². The van der Waals surface area contributed by atoms with Crippen LogP contribution in [0.3, 0.4) is 0 Å². The van der Waals surface area contributed by atoms with Gasteiger partial charge in [-0.2, -0.15) is 0 Å². The fourth-order valence-corrected chi connectivity index (χ4v) is 3.45. The van der Waals surface area contributed by atoms with E-state index < -0.39 is 12.0 Å². The van der Waals surface area contributed by atoms with Crippen molar-refractivity contribution in [1.82, 2.24) is 9.47 Å². The summed E-state index contributed by atoms with van der Waals surface area (Å²) in [5.41, 5.74) is 2.17. The zero-order chi connectivity index (χ0) is 20.9. The van der Waals surface area contributed by atoms with Gasteiger partial charge in [-0.05, 0) is 39.2 Å². The highest BCUT2D eigenvalue weighted by Gasteiger charge is 2.32. The molecule has 1 aromatic rings. The Kier molecular flexibility index (Phi) is 8.00. The molecule has 0 N–H and O–H groups in total. The van der Waals surface area contributed by atoms with Crippen LogP contribution in [-0.4, -0.2) is 46.8 Å². The molecule has 1 atom stereocenters. The molecule has 0 bridgehead atoms. The molecule has 1 unspecified atom stereocenters. The Balaban J connectivity index is 3.38. The van der Waals surface area contributed by atoms with Crippen molar-refractivity contribution in [2.75, 3.05) is 13.7 Å². The summed E-state index contributed by atoms with van der Waals surface area (Å²) in [7, 11) is 1.32. The monoisotopic (exact) mass is 376 g/mol. The zero-order valence-electron chi connectivity index (χ0n) is 17.6. The van der Waals surface area contributed by atoms with Gasteiger partial charge >= 0.3 is 5.97 Å². The number of aromatic nitrogens is 1. The highest BCUT2D eigenvalue weighted by molar-refractivity contribution is 6.06. The van der Waals surface area contributed by atoms with Crippen molar-refractivity contribution < 1.29 is 19.1 Å². The number of carbonyl (C=O) groups is 3. The summed E-state index contributed by atoms with van der Waals surface area (Å²) in [6.07, 6.45) is 1.99. The van der Waals surface area contributed by atoms with Crippen LogP contribution in [0.4, 0.5) is 0 Å². The van der Waals surface area contributed by atoms with E-state index in [1.54, 1.807) is 29.4 Å². The molecule has 0 saturated heterocycles. The first-order valence-electron chi connectivity index (χ1n) is 9.34. The number of ether oxygens (including phenoxy) is 1. The van der Waals surface area contributed by atoms with E-state index in [-0.39, 0.29) is 17.6 Å². The summed E-state index contributed by atoms with van der Waals surface area (Å²) in [5, 5.41) is 0. The Hall–Kier alpha value is -2.37. The smallest absolute Gasteiger partial charge is 0.354 e. The fraction of sp³-hybridized carbons (Fsp3) is 0.571. The van der Waals surface area contributed by atoms with E-state index in [0.29, 0.717) is 42.0 Å². The lowest BCUT2D eigenvalue weighted by Gasteiger charge is -2.28. The van der Waals surface area contributed by atoms with Crippen LogP contribution < -0.4 is 0 Å². The first-order chi connectivity index (χ1) is 12.6. The topological polar surface area (TPSA) is 68.6 Å². The predicted octanol–water partition coefficient (Wildman–Crippen LogP) is 3.54. The molecule has 0 spiro atoms. The minimum Gasteiger partial charge on any atom is -0.464 e. The number of rotatable bonds is 9. The van der Waals surface area contributed by atoms with Gasteiger partial charge in [-0.3, -0.25) is 9.59 Å². The third-order valence-electron chi connectivity index (χ3n) is 4.78. The molecule has 1 heterocycles. The molecule has 27 heavy (non-hydrogen) atoms. The molecule has 1 amide bonds. The van der Waals surface area contributed by atoms with E-state index in [1.165, 1.54) is 7.11 Å². The van der Waals surface area contributed by atoms with Crippen LogP contribution in [0.5, 0.6) is 0 Å². The quantitative estimate of drug-likeness (QED) is 0.375. The predicted molar refractivity (Wildman–Crippen MR) is 106 cm³/mol. The summed E-state index contributed by atoms with van der Waals surface area (Å²) in [5.74, 6) is -0.531. The van der Waals surface area contributed by atoms with Gasteiger partial charge in [-0.1, -0.05) is 19.9 Å². The van der Waals surface area contributed by atoms with Crippen molar-refractivity contribution in [2.24, 2.45) is 5.92 Å². The molecule has 6 nitrogen and oxygen atoms in total. The van der Waals surface area contributed by atoms with Crippen molar-refractivity contribution in [2.45, 2.75) is 60.5 Å². The second-order valence-corrected chi connectivity index (χ2v) is 7.14. The molecule has 0 aliphatic rings. The van der Waals surface area contributed by atoms with Gasteiger partial charge < -0.3 is 14.2 Å². The third kappa shape index (κ3) is 4.67. The van der Waals surface area contributed by atoms with Crippen molar-refractivity contribution in [1.29, 1.82) is 0 Å². The molecular weight excluding hydrogens is 344 g/mol. The maximum absolute atomic E-state index is 13.3. The van der Waals surface area contributed by atoms with Crippen molar-refractivity contribution in [3.63, 3.8) is 0 Å². The lowest BCUT2D eigenvalue weighted by molar-refractivity contribution is -0.132. The molecule has 0 radical (unpaired) electrons. The largest absolute Gasteiger partial charge is 0.464 e. The van der Waals surface area contributed by atoms with Crippen LogP contribution in [-0.2, 0) is 16.1 Å². The highest BCUT2D eigenvalue weighted by Crippen LogP contribution is 2.26. The molecule has 150 valence electrons. The molecule has 0 aliphatic heterocycles. The fourth-order valence-electron chi connectivity index (χ4n) is 3.45. The van der Waals surface area contributed by atoms with Crippen LogP contribution >= 0.6 is 0 Å². The van der Waals surface area contributed by atoms with E-state index >= 15 is 0 Å². The lowest BCUT2D eigenvalue weighted by atomic mass is 9.99. The van der Waals surface area contributed by atoms with Gasteiger partial charge in [0.15, 0.2) is 5.78 Å². The number of methoxy groups -OCH3 is 1. The van der Waals surface area contributed by atoms with Crippen LogP contribution in [0, 0.1) is 19.8 Å². The standard InChI is InChI=1S/C21H32N2O4/c1-9-11-23(17(24)12-13(3)4)16(7)20(25)18-14(5)19(21(26)27-8)22(10-2)15(18)6/h9,13,16H,1,10-12H2,2-8H3. The number of carbonyl (C=O) groups excluding carboxylic acids is 3. The van der Waals surface area contributed by atoms with Gasteiger partial charge in [0.1, 0.15) is 5.69 Å².